The molecule has 0 saturated carbocycles. The summed E-state index contributed by atoms with van der Waals surface area (Å²) in [5.41, 5.74) is 12.2. The van der Waals surface area contributed by atoms with Gasteiger partial charge in [0.2, 0.25) is 0 Å². The number of fused-ring (bicyclic) bond motifs is 7. The summed E-state index contributed by atoms with van der Waals surface area (Å²) in [6.07, 6.45) is 11.3. The highest BCUT2D eigenvalue weighted by Gasteiger charge is 2.35. The van der Waals surface area contributed by atoms with Crippen LogP contribution in [-0.2, 0) is 0 Å². The van der Waals surface area contributed by atoms with Crippen LogP contribution in [0, 0.1) is 0 Å². The molecule has 2 aliphatic rings. The molecule has 10 rings (SSSR count). The summed E-state index contributed by atoms with van der Waals surface area (Å²) in [6.45, 7) is -0.0525. The lowest BCUT2D eigenvalue weighted by atomic mass is 9.48. The molecule has 0 fully saturated rings. The zero-order chi connectivity index (χ0) is 34.4. The second-order valence-corrected chi connectivity index (χ2v) is 13.0. The quantitative estimate of drug-likeness (QED) is 0.171. The predicted molar refractivity (Wildman–Crippen MR) is 212 cm³/mol. The molecule has 0 bridgehead atoms. The van der Waals surface area contributed by atoms with Gasteiger partial charge in [-0.3, -0.25) is 9.97 Å². The summed E-state index contributed by atoms with van der Waals surface area (Å²) in [4.78, 5) is 25.8. The standard InChI is InChI=1S/C45H29BN6/c1-2-10-31-25-33(20-19-30(31)9-1)32-11-5-12-34(26-32)38-16-6-18-41-42(38)39-15-3-4-17-40(39)46-27-35(21-24-52(41)46)43-49-44(36-13-7-22-47-28-36)51-45(50-43)37-14-8-23-48-29-37/h1-29H. The molecule has 0 spiro atoms. The fourth-order valence-corrected chi connectivity index (χ4v) is 7.43. The number of hydrogen-bond donors (Lipinski definition) is 0. The SMILES string of the molecule is C1=CN2B(C=C1c1nc(-c3cccnc3)nc(-c3cccnc3)n1)c1ccccc1-c1c(-c3cccc(-c4ccc5ccccc5c4)c3)cccc12. The molecule has 0 amide bonds. The fourth-order valence-electron chi connectivity index (χ4n) is 7.43. The van der Waals surface area contributed by atoms with Gasteiger partial charge in [-0.1, -0.05) is 97.0 Å². The highest BCUT2D eigenvalue weighted by molar-refractivity contribution is 6.84. The molecule has 0 unspecified atom stereocenters. The minimum Gasteiger partial charge on any atom is -0.383 e. The van der Waals surface area contributed by atoms with Crippen molar-refractivity contribution < 1.29 is 0 Å². The number of pyridine rings is 2. The van der Waals surface area contributed by atoms with Gasteiger partial charge in [0, 0.05) is 52.7 Å². The van der Waals surface area contributed by atoms with Crippen LogP contribution in [0.4, 0.5) is 5.69 Å². The van der Waals surface area contributed by atoms with E-state index in [9.17, 15) is 0 Å². The van der Waals surface area contributed by atoms with Crippen molar-refractivity contribution in [2.45, 2.75) is 0 Å². The lowest BCUT2D eigenvalue weighted by molar-refractivity contribution is 1.03. The van der Waals surface area contributed by atoms with Crippen LogP contribution in [0.15, 0.2) is 176 Å². The first kappa shape index (κ1) is 29.9. The Labute approximate surface area is 301 Å². The zero-order valence-corrected chi connectivity index (χ0v) is 28.0. The van der Waals surface area contributed by atoms with Crippen molar-refractivity contribution in [3.63, 3.8) is 0 Å². The maximum Gasteiger partial charge on any atom is 0.321 e. The Balaban J connectivity index is 1.07. The van der Waals surface area contributed by atoms with E-state index in [0.717, 1.165) is 22.4 Å². The van der Waals surface area contributed by atoms with Crippen LogP contribution in [0.5, 0.6) is 0 Å². The molecule has 52 heavy (non-hydrogen) atoms. The summed E-state index contributed by atoms with van der Waals surface area (Å²) >= 11 is 0. The number of rotatable bonds is 5. The third-order valence-corrected chi connectivity index (χ3v) is 9.91. The van der Waals surface area contributed by atoms with Crippen molar-refractivity contribution in [3.8, 4) is 56.2 Å². The van der Waals surface area contributed by atoms with Crippen molar-refractivity contribution in [2.24, 2.45) is 0 Å². The second kappa shape index (κ2) is 12.4. The van der Waals surface area contributed by atoms with Gasteiger partial charge in [0.1, 0.15) is 0 Å². The van der Waals surface area contributed by atoms with Crippen LogP contribution in [0.3, 0.4) is 0 Å². The monoisotopic (exact) mass is 664 g/mol. The maximum absolute atomic E-state index is 4.97. The van der Waals surface area contributed by atoms with E-state index in [4.69, 9.17) is 15.0 Å². The molecule has 5 aromatic carbocycles. The zero-order valence-electron chi connectivity index (χ0n) is 28.0. The van der Waals surface area contributed by atoms with Gasteiger partial charge in [0.15, 0.2) is 17.5 Å². The molecule has 7 heteroatoms. The highest BCUT2D eigenvalue weighted by Crippen LogP contribution is 2.44. The maximum atomic E-state index is 4.97. The number of benzene rings is 5. The van der Waals surface area contributed by atoms with Crippen molar-refractivity contribution in [1.29, 1.82) is 0 Å². The molecule has 0 aliphatic carbocycles. The number of aromatic nitrogens is 5. The van der Waals surface area contributed by atoms with E-state index in [-0.39, 0.29) is 6.85 Å². The van der Waals surface area contributed by atoms with Crippen molar-refractivity contribution >= 4 is 34.3 Å². The van der Waals surface area contributed by atoms with Gasteiger partial charge in [-0.2, -0.15) is 0 Å². The summed E-state index contributed by atoms with van der Waals surface area (Å²) in [5, 5.41) is 2.49. The van der Waals surface area contributed by atoms with Gasteiger partial charge in [0.25, 0.3) is 0 Å². The van der Waals surface area contributed by atoms with Gasteiger partial charge < -0.3 is 4.81 Å². The molecule has 242 valence electrons. The summed E-state index contributed by atoms with van der Waals surface area (Å²) in [6, 6.07) is 47.2. The Morgan fingerprint density at radius 1 is 0.481 bits per heavy atom. The van der Waals surface area contributed by atoms with Crippen LogP contribution in [0.1, 0.15) is 5.82 Å². The van der Waals surface area contributed by atoms with Gasteiger partial charge in [-0.25, -0.2) is 15.0 Å². The van der Waals surface area contributed by atoms with Crippen LogP contribution in [0.25, 0.3) is 72.5 Å². The fraction of sp³-hybridized carbons (Fsp3) is 0. The first-order valence-electron chi connectivity index (χ1n) is 17.3. The average Bonchev–Trinajstić information content (AvgIpc) is 3.23. The average molecular weight is 665 g/mol. The molecule has 2 aliphatic heterocycles. The lowest BCUT2D eigenvalue weighted by Gasteiger charge is -2.38. The first-order chi connectivity index (χ1) is 25.8. The Bertz CT molecular complexity index is 2650. The second-order valence-electron chi connectivity index (χ2n) is 13.0. The van der Waals surface area contributed by atoms with Crippen LogP contribution < -0.4 is 10.3 Å². The summed E-state index contributed by atoms with van der Waals surface area (Å²) in [7, 11) is 0. The van der Waals surface area contributed by atoms with Crippen molar-refractivity contribution in [2.75, 3.05) is 4.81 Å². The number of hydrogen-bond acceptors (Lipinski definition) is 6. The van der Waals surface area contributed by atoms with E-state index in [1.54, 1.807) is 24.8 Å². The van der Waals surface area contributed by atoms with E-state index in [0.29, 0.717) is 17.5 Å². The van der Waals surface area contributed by atoms with E-state index in [2.05, 4.69) is 142 Å². The first-order valence-corrected chi connectivity index (χ1v) is 17.3. The summed E-state index contributed by atoms with van der Waals surface area (Å²) < 4.78 is 0. The number of nitrogens with zero attached hydrogens (tertiary/aromatic N) is 6. The molecule has 3 aromatic heterocycles. The Morgan fingerprint density at radius 2 is 1.13 bits per heavy atom. The third kappa shape index (κ3) is 5.18. The Kier molecular flexibility index (Phi) is 7.13. The molecular weight excluding hydrogens is 635 g/mol. The molecule has 5 heterocycles. The Morgan fingerprint density at radius 3 is 1.92 bits per heavy atom. The normalized spacial score (nSPS) is 13.0. The molecule has 0 N–H and O–H groups in total. The molecule has 0 radical (unpaired) electrons. The van der Waals surface area contributed by atoms with Crippen LogP contribution >= 0.6 is 0 Å². The van der Waals surface area contributed by atoms with E-state index in [1.807, 2.05) is 24.3 Å². The largest absolute Gasteiger partial charge is 0.383 e. The molecule has 0 atom stereocenters. The van der Waals surface area contributed by atoms with E-state index < -0.39 is 0 Å². The van der Waals surface area contributed by atoms with Gasteiger partial charge in [-0.15, -0.1) is 0 Å². The van der Waals surface area contributed by atoms with Crippen molar-refractivity contribution in [1.82, 2.24) is 24.9 Å². The minimum absolute atomic E-state index is 0.0525. The smallest absolute Gasteiger partial charge is 0.321 e. The van der Waals surface area contributed by atoms with E-state index in [1.165, 1.54) is 49.6 Å². The lowest BCUT2D eigenvalue weighted by Crippen LogP contribution is -2.49. The van der Waals surface area contributed by atoms with Gasteiger partial charge in [-0.05, 0) is 98.8 Å². The number of allylic oxidation sites excluding steroid dienone is 2. The predicted octanol–water partition coefficient (Wildman–Crippen LogP) is 9.32. The topological polar surface area (TPSA) is 67.7 Å². The van der Waals surface area contributed by atoms with Crippen LogP contribution in [-0.4, -0.2) is 31.8 Å². The minimum atomic E-state index is -0.0525. The molecule has 0 saturated heterocycles. The molecule has 6 nitrogen and oxygen atoms in total. The van der Waals surface area contributed by atoms with E-state index >= 15 is 0 Å². The third-order valence-electron chi connectivity index (χ3n) is 9.91. The van der Waals surface area contributed by atoms with Crippen molar-refractivity contribution in [3.05, 3.63) is 182 Å². The Hall–Kier alpha value is -6.99. The molecule has 8 aromatic rings. The molecular formula is C45H29BN6. The van der Waals surface area contributed by atoms with Gasteiger partial charge >= 0.3 is 6.85 Å². The summed E-state index contributed by atoms with van der Waals surface area (Å²) in [5.74, 6) is 4.01. The van der Waals surface area contributed by atoms with Gasteiger partial charge in [0.05, 0.1) is 0 Å². The van der Waals surface area contributed by atoms with Crippen LogP contribution in [0.2, 0.25) is 0 Å². The number of anilines is 1. The highest BCUT2D eigenvalue weighted by atomic mass is 15.1.